The minimum Gasteiger partial charge on any atom is -0.496 e. The number of carbonyl (C=O) groups is 1. The number of carbonyl (C=O) groups excluding carboxylic acids is 1. The summed E-state index contributed by atoms with van der Waals surface area (Å²) in [6.45, 7) is 0. The van der Waals surface area contributed by atoms with Crippen LogP contribution in [0.25, 0.3) is 43.8 Å². The molecule has 1 aliphatic heterocycles. The van der Waals surface area contributed by atoms with E-state index in [0.717, 1.165) is 38.3 Å². The molecule has 6 heteroatoms. The van der Waals surface area contributed by atoms with Crippen LogP contribution >= 0.6 is 7.92 Å². The van der Waals surface area contributed by atoms with Gasteiger partial charge in [-0.2, -0.15) is 0 Å². The van der Waals surface area contributed by atoms with Gasteiger partial charge in [0.2, 0.25) is 0 Å². The summed E-state index contributed by atoms with van der Waals surface area (Å²) in [4.78, 5) is 14.3. The molecule has 7 aromatic rings. The molecule has 0 amide bonds. The van der Waals surface area contributed by atoms with E-state index in [2.05, 4.69) is 103 Å². The van der Waals surface area contributed by atoms with Crippen molar-refractivity contribution < 1.29 is 23.7 Å². The predicted molar refractivity (Wildman–Crippen MR) is 218 cm³/mol. The molecule has 0 aliphatic carbocycles. The monoisotopic (exact) mass is 716 g/mol. The Morgan fingerprint density at radius 3 is 1.23 bits per heavy atom. The van der Waals surface area contributed by atoms with Crippen LogP contribution in [0.1, 0.15) is 35.3 Å². The molecule has 0 radical (unpaired) electrons. The summed E-state index contributed by atoms with van der Waals surface area (Å²) < 4.78 is 24.4. The van der Waals surface area contributed by atoms with Gasteiger partial charge in [0.1, 0.15) is 28.8 Å². The van der Waals surface area contributed by atoms with E-state index < -0.39 is 7.92 Å². The van der Waals surface area contributed by atoms with Gasteiger partial charge in [-0.3, -0.25) is 4.79 Å². The van der Waals surface area contributed by atoms with Gasteiger partial charge < -0.3 is 18.9 Å². The van der Waals surface area contributed by atoms with Crippen molar-refractivity contribution in [2.75, 3.05) is 28.4 Å². The SMILES string of the molecule is COc1cccc(OC)c1-c1cccc(-c2c(OC)cccc2OC)c1P1C(c2cccc3ccccc23)CC(=O)CC1c1cccc2ccccc12. The van der Waals surface area contributed by atoms with Crippen LogP contribution in [0.3, 0.4) is 0 Å². The van der Waals surface area contributed by atoms with Gasteiger partial charge >= 0.3 is 0 Å². The topological polar surface area (TPSA) is 54.0 Å². The number of ether oxygens (including phenoxy) is 4. The number of Topliss-reactive ketones (excluding diaryl/α,β-unsaturated/α-hetero) is 1. The van der Waals surface area contributed by atoms with Gasteiger partial charge in [-0.1, -0.05) is 123 Å². The van der Waals surface area contributed by atoms with Crippen LogP contribution in [0.2, 0.25) is 0 Å². The standard InChI is InChI=1S/C47H41O5P/c1-49-39-24-12-25-40(50-2)45(39)37-22-11-23-38(46-41(51-3)26-13-27-42(46)52-4)47(37)53-43(35-20-9-16-30-14-5-7-18-33(30)35)28-32(48)29-44(53)36-21-10-17-31-15-6-8-19-34(31)36/h5-27,43-44H,28-29H2,1-4H3. The summed E-state index contributed by atoms with van der Waals surface area (Å²) in [7, 11) is 5.59. The zero-order valence-electron chi connectivity index (χ0n) is 30.3. The summed E-state index contributed by atoms with van der Waals surface area (Å²) in [5.74, 6) is 3.10. The van der Waals surface area contributed by atoms with E-state index >= 15 is 0 Å². The average Bonchev–Trinajstić information content (AvgIpc) is 3.22. The molecule has 1 fully saturated rings. The van der Waals surface area contributed by atoms with E-state index in [1.807, 2.05) is 36.4 Å². The fourth-order valence-corrected chi connectivity index (χ4v) is 12.1. The third-order valence-electron chi connectivity index (χ3n) is 10.6. The van der Waals surface area contributed by atoms with Crippen molar-refractivity contribution in [3.05, 3.63) is 151 Å². The molecule has 53 heavy (non-hydrogen) atoms. The number of rotatable bonds is 9. The Balaban J connectivity index is 1.54. The summed E-state index contributed by atoms with van der Waals surface area (Å²) >= 11 is 0. The van der Waals surface area contributed by atoms with Crippen LogP contribution < -0.4 is 24.3 Å². The van der Waals surface area contributed by atoms with E-state index in [4.69, 9.17) is 18.9 Å². The fraction of sp³-hybridized carbons (Fsp3) is 0.170. The van der Waals surface area contributed by atoms with Crippen LogP contribution in [0.4, 0.5) is 0 Å². The summed E-state index contributed by atoms with van der Waals surface area (Å²) in [5, 5.41) is 5.80. The Hall–Kier alpha value is -5.64. The van der Waals surface area contributed by atoms with Crippen LogP contribution in [0.5, 0.6) is 23.0 Å². The quantitative estimate of drug-likeness (QED) is 0.139. The molecule has 7 aromatic carbocycles. The molecule has 1 saturated heterocycles. The molecule has 0 spiro atoms. The minimum atomic E-state index is -1.22. The molecule has 1 aliphatic rings. The van der Waals surface area contributed by atoms with Crippen LogP contribution in [0, 0.1) is 0 Å². The molecule has 0 aromatic heterocycles. The van der Waals surface area contributed by atoms with Gasteiger partial charge in [0.05, 0.1) is 39.6 Å². The third-order valence-corrected chi connectivity index (χ3v) is 13.8. The number of hydrogen-bond donors (Lipinski definition) is 0. The molecule has 0 bridgehead atoms. The minimum absolute atomic E-state index is 0.109. The normalized spacial score (nSPS) is 17.1. The molecule has 0 N–H and O–H groups in total. The highest BCUT2D eigenvalue weighted by atomic mass is 31.1. The molecule has 2 atom stereocenters. The van der Waals surface area contributed by atoms with Crippen molar-refractivity contribution in [2.24, 2.45) is 0 Å². The highest BCUT2D eigenvalue weighted by Gasteiger charge is 2.43. The lowest BCUT2D eigenvalue weighted by atomic mass is 9.94. The van der Waals surface area contributed by atoms with E-state index in [1.54, 1.807) is 28.4 Å². The van der Waals surface area contributed by atoms with Gasteiger partial charge in [-0.25, -0.2) is 0 Å². The summed E-state index contributed by atoms with van der Waals surface area (Å²) in [6, 6.07) is 48.4. The zero-order valence-corrected chi connectivity index (χ0v) is 31.2. The Labute approximate surface area is 311 Å². The first-order valence-corrected chi connectivity index (χ1v) is 19.3. The molecule has 5 nitrogen and oxygen atoms in total. The van der Waals surface area contributed by atoms with Crippen LogP contribution in [-0.4, -0.2) is 34.2 Å². The Bertz CT molecular complexity index is 2250. The summed E-state index contributed by atoms with van der Waals surface area (Å²) in [5.41, 5.74) is 5.90. The first kappa shape index (κ1) is 34.4. The van der Waals surface area contributed by atoms with E-state index in [9.17, 15) is 4.79 Å². The molecule has 2 unspecified atom stereocenters. The number of methoxy groups -OCH3 is 4. The van der Waals surface area contributed by atoms with Crippen molar-refractivity contribution in [1.82, 2.24) is 0 Å². The largest absolute Gasteiger partial charge is 0.496 e. The molecule has 264 valence electrons. The Kier molecular flexibility index (Phi) is 9.60. The second-order valence-corrected chi connectivity index (χ2v) is 15.8. The van der Waals surface area contributed by atoms with Crippen LogP contribution in [0.15, 0.2) is 140 Å². The molecular formula is C47H41O5P. The number of hydrogen-bond acceptors (Lipinski definition) is 5. The Morgan fingerprint density at radius 1 is 0.453 bits per heavy atom. The number of benzene rings is 7. The predicted octanol–water partition coefficient (Wildman–Crippen LogP) is 11.3. The first-order valence-electron chi connectivity index (χ1n) is 17.9. The lowest BCUT2D eigenvalue weighted by Gasteiger charge is -2.42. The highest BCUT2D eigenvalue weighted by molar-refractivity contribution is 7.67. The second-order valence-electron chi connectivity index (χ2n) is 13.3. The van der Waals surface area contributed by atoms with Crippen molar-refractivity contribution in [2.45, 2.75) is 24.2 Å². The van der Waals surface area contributed by atoms with Crippen molar-refractivity contribution in [3.8, 4) is 45.3 Å². The summed E-state index contributed by atoms with van der Waals surface area (Å²) in [6.07, 6.45) is 0.863. The zero-order chi connectivity index (χ0) is 36.5. The lowest BCUT2D eigenvalue weighted by Crippen LogP contribution is -2.26. The van der Waals surface area contributed by atoms with E-state index in [1.165, 1.54) is 21.9 Å². The van der Waals surface area contributed by atoms with Gasteiger partial charge in [-0.15, -0.1) is 0 Å². The molecule has 0 saturated carbocycles. The van der Waals surface area contributed by atoms with Crippen LogP contribution in [-0.2, 0) is 4.79 Å². The maximum absolute atomic E-state index is 14.3. The number of ketones is 1. The average molecular weight is 717 g/mol. The highest BCUT2D eigenvalue weighted by Crippen LogP contribution is 2.69. The smallest absolute Gasteiger partial charge is 0.134 e. The third kappa shape index (κ3) is 6.09. The second kappa shape index (κ2) is 14.8. The van der Waals surface area contributed by atoms with Crippen molar-refractivity contribution in [3.63, 3.8) is 0 Å². The van der Waals surface area contributed by atoms with E-state index in [0.29, 0.717) is 35.8 Å². The van der Waals surface area contributed by atoms with Gasteiger partial charge in [0.15, 0.2) is 0 Å². The van der Waals surface area contributed by atoms with Gasteiger partial charge in [0.25, 0.3) is 0 Å². The molecule has 1 heterocycles. The van der Waals surface area contributed by atoms with Crippen molar-refractivity contribution in [1.29, 1.82) is 0 Å². The molecule has 8 rings (SSSR count). The first-order chi connectivity index (χ1) is 26.1. The molecular weight excluding hydrogens is 675 g/mol. The van der Waals surface area contributed by atoms with Gasteiger partial charge in [0, 0.05) is 24.2 Å². The fourth-order valence-electron chi connectivity index (χ4n) is 8.30. The van der Waals surface area contributed by atoms with E-state index in [-0.39, 0.29) is 17.1 Å². The Morgan fingerprint density at radius 2 is 0.811 bits per heavy atom. The number of fused-ring (bicyclic) bond motifs is 2. The maximum Gasteiger partial charge on any atom is 0.134 e. The maximum atomic E-state index is 14.3. The lowest BCUT2D eigenvalue weighted by molar-refractivity contribution is -0.119. The van der Waals surface area contributed by atoms with Crippen molar-refractivity contribution >= 4 is 40.6 Å². The van der Waals surface area contributed by atoms with Gasteiger partial charge in [-0.05, 0) is 73.4 Å².